The average molecular weight is 495 g/mol. The number of aliphatic hydroxyl groups excluding tert-OH is 1. The molecule has 3 aromatic rings. The first-order chi connectivity index (χ1) is 17.3. The van der Waals surface area contributed by atoms with Gasteiger partial charge >= 0.3 is 5.97 Å². The van der Waals surface area contributed by atoms with Crippen molar-refractivity contribution in [1.29, 1.82) is 0 Å². The number of aliphatic hydroxyl groups is 1. The minimum atomic E-state index is -0.627. The van der Waals surface area contributed by atoms with Gasteiger partial charge in [-0.05, 0) is 24.3 Å². The molecule has 36 heavy (non-hydrogen) atoms. The van der Waals surface area contributed by atoms with Gasteiger partial charge in [0, 0.05) is 25.3 Å². The molecular weight excluding hydrogens is 464 g/mol. The predicted octanol–water partition coefficient (Wildman–Crippen LogP) is 4.92. The molecule has 3 rings (SSSR count). The highest BCUT2D eigenvalue weighted by atomic mass is 16.5. The molecule has 0 bridgehead atoms. The van der Waals surface area contributed by atoms with E-state index >= 15 is 0 Å². The molecule has 2 N–H and O–H groups in total. The van der Waals surface area contributed by atoms with Crippen molar-refractivity contribution in [1.82, 2.24) is 4.98 Å². The van der Waals surface area contributed by atoms with Gasteiger partial charge in [0.25, 0.3) is 0 Å². The Bertz CT molecular complexity index is 1340. The number of rotatable bonds is 8. The number of fused-ring (bicyclic) bond motifs is 1. The van der Waals surface area contributed by atoms with Gasteiger partial charge in [-0.2, -0.15) is 0 Å². The van der Waals surface area contributed by atoms with E-state index in [1.54, 1.807) is 50.2 Å². The molecule has 190 valence electrons. The number of aromatic amines is 1. The first-order valence-electron chi connectivity index (χ1n) is 11.2. The second kappa shape index (κ2) is 13.5. The Kier molecular flexibility index (Phi) is 10.4. The molecule has 1 aromatic heterocycles. The van der Waals surface area contributed by atoms with Crippen LogP contribution in [0.25, 0.3) is 10.9 Å². The fourth-order valence-corrected chi connectivity index (χ4v) is 3.21. The van der Waals surface area contributed by atoms with E-state index in [0.29, 0.717) is 40.9 Å². The summed E-state index contributed by atoms with van der Waals surface area (Å²) in [6, 6.07) is 12.3. The van der Waals surface area contributed by atoms with Gasteiger partial charge in [-0.1, -0.05) is 32.0 Å². The molecule has 0 aliphatic heterocycles. The number of pyridine rings is 1. The number of H-pyrrole nitrogens is 1. The van der Waals surface area contributed by atoms with Gasteiger partial charge in [-0.15, -0.1) is 0 Å². The van der Waals surface area contributed by atoms with Crippen LogP contribution in [-0.2, 0) is 9.53 Å². The Balaban J connectivity index is 0.000000255. The number of esters is 1. The zero-order valence-corrected chi connectivity index (χ0v) is 21.0. The predicted molar refractivity (Wildman–Crippen MR) is 139 cm³/mol. The number of carbonyl (C=O) groups is 2. The van der Waals surface area contributed by atoms with Gasteiger partial charge in [0.1, 0.15) is 28.5 Å². The van der Waals surface area contributed by atoms with Crippen molar-refractivity contribution >= 4 is 34.6 Å². The number of aliphatic imine (C=N–C) groups is 1. The molecule has 0 saturated carbocycles. The van der Waals surface area contributed by atoms with Crippen LogP contribution >= 0.6 is 0 Å². The number of ether oxygens (including phenoxy) is 3. The lowest BCUT2D eigenvalue weighted by Crippen LogP contribution is -2.15. The number of hydrogen-bond acceptors (Lipinski definition) is 8. The van der Waals surface area contributed by atoms with Crippen LogP contribution in [0.2, 0.25) is 0 Å². The molecule has 9 heteroatoms. The van der Waals surface area contributed by atoms with Crippen LogP contribution in [0.4, 0.5) is 5.69 Å². The number of aromatic nitrogens is 1. The first-order valence-corrected chi connectivity index (χ1v) is 11.2. The van der Waals surface area contributed by atoms with E-state index in [2.05, 4.69) is 14.7 Å². The maximum atomic E-state index is 12.1. The van der Waals surface area contributed by atoms with Gasteiger partial charge in [-0.3, -0.25) is 14.6 Å². The summed E-state index contributed by atoms with van der Waals surface area (Å²) < 4.78 is 14.9. The Morgan fingerprint density at radius 2 is 1.64 bits per heavy atom. The number of nitrogens with one attached hydrogen (secondary N) is 1. The van der Waals surface area contributed by atoms with E-state index in [-0.39, 0.29) is 28.1 Å². The third kappa shape index (κ3) is 6.59. The van der Waals surface area contributed by atoms with Gasteiger partial charge in [0.05, 0.1) is 37.8 Å². The van der Waals surface area contributed by atoms with E-state index in [0.717, 1.165) is 0 Å². The Labute approximate surface area is 209 Å². The van der Waals surface area contributed by atoms with E-state index in [9.17, 15) is 19.5 Å². The molecule has 0 saturated heterocycles. The van der Waals surface area contributed by atoms with Gasteiger partial charge in [-0.25, -0.2) is 4.79 Å². The number of benzene rings is 2. The number of ketones is 1. The number of hydrogen-bond donors (Lipinski definition) is 2. The minimum absolute atomic E-state index is 0.0379. The van der Waals surface area contributed by atoms with E-state index < -0.39 is 5.97 Å². The zero-order chi connectivity index (χ0) is 26.7. The molecule has 0 aliphatic carbocycles. The fraction of sp³-hybridized carbons (Fsp3) is 0.259. The van der Waals surface area contributed by atoms with Crippen LogP contribution in [0.3, 0.4) is 0 Å². The normalized spacial score (nSPS) is 11.4. The number of para-hydroxylation sites is 3. The van der Waals surface area contributed by atoms with Gasteiger partial charge < -0.3 is 24.3 Å². The van der Waals surface area contributed by atoms with E-state index in [4.69, 9.17) is 9.47 Å². The molecule has 0 radical (unpaired) electrons. The Morgan fingerprint density at radius 3 is 2.25 bits per heavy atom. The lowest BCUT2D eigenvalue weighted by molar-refractivity contribution is -0.135. The average Bonchev–Trinajstić information content (AvgIpc) is 2.92. The van der Waals surface area contributed by atoms with Crippen LogP contribution in [0.1, 0.15) is 37.0 Å². The largest absolute Gasteiger partial charge is 0.511 e. The molecular formula is C27H30N2O7. The number of methoxy groups -OCH3 is 3. The smallest absolute Gasteiger partial charge is 0.342 e. The highest BCUT2D eigenvalue weighted by molar-refractivity contribution is 6.10. The molecule has 0 amide bonds. The van der Waals surface area contributed by atoms with Crippen LogP contribution in [-0.4, -0.2) is 49.4 Å². The highest BCUT2D eigenvalue weighted by Gasteiger charge is 2.14. The summed E-state index contributed by atoms with van der Waals surface area (Å²) in [5.41, 5.74) is 1.18. The van der Waals surface area contributed by atoms with Crippen LogP contribution in [0, 0.1) is 0 Å². The number of Topliss-reactive ketones (excluding diaryl/α,β-unsaturated/α-hetero) is 1. The Morgan fingerprint density at radius 1 is 0.972 bits per heavy atom. The summed E-state index contributed by atoms with van der Waals surface area (Å²) in [6.07, 6.45) is 3.38. The monoisotopic (exact) mass is 494 g/mol. The van der Waals surface area contributed by atoms with Crippen LogP contribution in [0.5, 0.6) is 11.5 Å². The van der Waals surface area contributed by atoms with Crippen molar-refractivity contribution in [3.8, 4) is 11.5 Å². The topological polar surface area (TPSA) is 127 Å². The van der Waals surface area contributed by atoms with Crippen molar-refractivity contribution in [2.75, 3.05) is 21.3 Å². The molecule has 1 heterocycles. The van der Waals surface area contributed by atoms with Crippen LogP contribution in [0.15, 0.2) is 69.8 Å². The maximum absolute atomic E-state index is 12.1. The third-order valence-electron chi connectivity index (χ3n) is 5.19. The minimum Gasteiger partial charge on any atom is -0.511 e. The van der Waals surface area contributed by atoms with Gasteiger partial charge in [0.15, 0.2) is 11.2 Å². The maximum Gasteiger partial charge on any atom is 0.342 e. The van der Waals surface area contributed by atoms with Crippen molar-refractivity contribution in [2.45, 2.75) is 26.7 Å². The van der Waals surface area contributed by atoms with Crippen molar-refractivity contribution in [3.05, 3.63) is 75.8 Å². The molecule has 0 spiro atoms. The lowest BCUT2D eigenvalue weighted by atomic mass is 10.1. The summed E-state index contributed by atoms with van der Waals surface area (Å²) in [4.78, 5) is 42.3. The summed E-state index contributed by atoms with van der Waals surface area (Å²) in [5.74, 6) is 0.327. The summed E-state index contributed by atoms with van der Waals surface area (Å²) in [5, 5.41) is 10.2. The molecule has 0 atom stereocenters. The standard InChI is InChI=1S/C14H17NO4.C13H13NO3/c1-4-12(16)10(14(17)19-3)9-15-11-7-5-6-8-13(11)18-2;1-3-10(15)9-7-14-12-8(13(9)16)5-4-6-11(12)17-2/h5-9,16H,4H2,1-3H3;4-7H,3H2,1-2H3,(H,14,16). The number of nitrogens with zero attached hydrogens (tertiary/aromatic N) is 1. The van der Waals surface area contributed by atoms with E-state index in [1.165, 1.54) is 33.7 Å². The summed E-state index contributed by atoms with van der Waals surface area (Å²) >= 11 is 0. The molecule has 9 nitrogen and oxygen atoms in total. The molecule has 0 unspecified atom stereocenters. The number of allylic oxidation sites excluding steroid dienone is 1. The summed E-state index contributed by atoms with van der Waals surface area (Å²) in [7, 11) is 4.33. The van der Waals surface area contributed by atoms with Gasteiger partial charge in [0.2, 0.25) is 0 Å². The first kappa shape index (κ1) is 27.8. The second-order valence-corrected chi connectivity index (χ2v) is 7.33. The second-order valence-electron chi connectivity index (χ2n) is 7.33. The summed E-state index contributed by atoms with van der Waals surface area (Å²) in [6.45, 7) is 3.47. The molecule has 0 fully saturated rings. The van der Waals surface area contributed by atoms with Crippen molar-refractivity contribution in [3.63, 3.8) is 0 Å². The zero-order valence-electron chi connectivity index (χ0n) is 21.0. The van der Waals surface area contributed by atoms with Crippen molar-refractivity contribution < 1.29 is 28.9 Å². The molecule has 0 aliphatic rings. The lowest BCUT2D eigenvalue weighted by Gasteiger charge is -2.05. The third-order valence-corrected chi connectivity index (χ3v) is 5.19. The SMILES string of the molecule is CCC(=O)c1c[nH]c2c(OC)cccc2c1=O.CCC(O)=C(C=Nc1ccccc1OC)C(=O)OC. The fourth-order valence-electron chi connectivity index (χ4n) is 3.21. The van der Waals surface area contributed by atoms with Crippen molar-refractivity contribution in [2.24, 2.45) is 4.99 Å². The molecule has 2 aromatic carbocycles. The van der Waals surface area contributed by atoms with E-state index in [1.807, 2.05) is 6.07 Å². The number of carbonyl (C=O) groups excluding carboxylic acids is 2. The highest BCUT2D eigenvalue weighted by Crippen LogP contribution is 2.26. The van der Waals surface area contributed by atoms with Crippen LogP contribution < -0.4 is 14.9 Å². The Hall–Kier alpha value is -4.40. The quantitative estimate of drug-likeness (QED) is 0.150.